The van der Waals surface area contributed by atoms with Crippen molar-refractivity contribution in [1.29, 1.82) is 0 Å². The second kappa shape index (κ2) is 7.46. The summed E-state index contributed by atoms with van der Waals surface area (Å²) in [5.74, 6) is 0.786. The lowest BCUT2D eigenvalue weighted by Crippen LogP contribution is -2.36. The summed E-state index contributed by atoms with van der Waals surface area (Å²) < 4.78 is 2.55. The van der Waals surface area contributed by atoms with Crippen LogP contribution in [0, 0.1) is 0 Å². The van der Waals surface area contributed by atoms with Crippen molar-refractivity contribution >= 4 is 29.0 Å². The van der Waals surface area contributed by atoms with Crippen molar-refractivity contribution in [2.24, 2.45) is 0 Å². The Labute approximate surface area is 148 Å². The van der Waals surface area contributed by atoms with Crippen molar-refractivity contribution in [3.8, 4) is 5.82 Å². The van der Waals surface area contributed by atoms with Crippen LogP contribution in [0.3, 0.4) is 0 Å². The highest BCUT2D eigenvalue weighted by Gasteiger charge is 2.10. The quantitative estimate of drug-likeness (QED) is 0.758. The molecule has 3 heterocycles. The molecular formula is C16H16ClN5OS. The topological polar surface area (TPSA) is 63.1 Å². The molecule has 0 bridgehead atoms. The lowest BCUT2D eigenvalue weighted by Gasteiger charge is -2.17. The summed E-state index contributed by atoms with van der Waals surface area (Å²) in [6, 6.07) is 7.44. The lowest BCUT2D eigenvalue weighted by molar-refractivity contribution is 0.207. The van der Waals surface area contributed by atoms with Crippen LogP contribution in [0.5, 0.6) is 0 Å². The highest BCUT2D eigenvalue weighted by Crippen LogP contribution is 2.22. The van der Waals surface area contributed by atoms with Gasteiger partial charge in [-0.15, -0.1) is 11.3 Å². The molecule has 0 aliphatic rings. The zero-order valence-electron chi connectivity index (χ0n) is 13.0. The van der Waals surface area contributed by atoms with Crippen LogP contribution in [0.1, 0.15) is 10.4 Å². The van der Waals surface area contributed by atoms with Gasteiger partial charge in [0, 0.05) is 37.1 Å². The van der Waals surface area contributed by atoms with Gasteiger partial charge in [0.25, 0.3) is 0 Å². The van der Waals surface area contributed by atoms with E-state index >= 15 is 0 Å². The van der Waals surface area contributed by atoms with Crippen molar-refractivity contribution in [1.82, 2.24) is 24.8 Å². The molecule has 1 N–H and O–H groups in total. The molecule has 0 aromatic carbocycles. The number of carbonyl (C=O) groups is 1. The molecule has 0 saturated heterocycles. The number of rotatable bonds is 5. The highest BCUT2D eigenvalue weighted by atomic mass is 35.5. The summed E-state index contributed by atoms with van der Waals surface area (Å²) in [7, 11) is 1.75. The maximum Gasteiger partial charge on any atom is 0.317 e. The molecule has 3 rings (SSSR count). The molecule has 0 atom stereocenters. The third-order valence-corrected chi connectivity index (χ3v) is 4.61. The van der Waals surface area contributed by atoms with Crippen molar-refractivity contribution < 1.29 is 4.79 Å². The molecule has 0 radical (unpaired) electrons. The second-order valence-corrected chi connectivity index (χ2v) is 7.01. The molecule has 0 unspecified atom stereocenters. The number of carbonyl (C=O) groups excluding carboxylic acids is 1. The van der Waals surface area contributed by atoms with E-state index in [1.807, 2.05) is 35.0 Å². The summed E-state index contributed by atoms with van der Waals surface area (Å²) in [4.78, 5) is 23.1. The molecule has 0 fully saturated rings. The van der Waals surface area contributed by atoms with Crippen LogP contribution >= 0.6 is 22.9 Å². The molecule has 124 valence electrons. The minimum atomic E-state index is -0.141. The Morgan fingerprint density at radius 3 is 2.88 bits per heavy atom. The molecule has 0 aliphatic carbocycles. The minimum absolute atomic E-state index is 0.141. The molecule has 2 amide bonds. The lowest BCUT2D eigenvalue weighted by atomic mass is 10.3. The van der Waals surface area contributed by atoms with Crippen molar-refractivity contribution in [3.63, 3.8) is 0 Å². The zero-order chi connectivity index (χ0) is 16.9. The van der Waals surface area contributed by atoms with E-state index in [0.29, 0.717) is 13.1 Å². The van der Waals surface area contributed by atoms with E-state index in [1.54, 1.807) is 30.7 Å². The molecule has 3 aromatic heterocycles. The second-order valence-electron chi connectivity index (χ2n) is 5.22. The van der Waals surface area contributed by atoms with Gasteiger partial charge >= 0.3 is 6.03 Å². The van der Waals surface area contributed by atoms with E-state index in [0.717, 1.165) is 20.6 Å². The zero-order valence-corrected chi connectivity index (χ0v) is 14.6. The number of nitrogens with zero attached hydrogens (tertiary/aromatic N) is 4. The number of amides is 2. The maximum atomic E-state index is 12.1. The molecular weight excluding hydrogens is 346 g/mol. The first-order valence-corrected chi connectivity index (χ1v) is 8.48. The van der Waals surface area contributed by atoms with E-state index < -0.39 is 0 Å². The molecule has 0 spiro atoms. The normalized spacial score (nSPS) is 10.6. The number of hydrogen-bond acceptors (Lipinski definition) is 4. The third-order valence-electron chi connectivity index (χ3n) is 3.39. The van der Waals surface area contributed by atoms with Crippen LogP contribution in [-0.4, -0.2) is 32.5 Å². The Bertz CT molecular complexity index is 800. The summed E-state index contributed by atoms with van der Waals surface area (Å²) >= 11 is 7.38. The predicted octanol–water partition coefficient (Wildman–Crippen LogP) is 3.32. The van der Waals surface area contributed by atoms with Gasteiger partial charge in [-0.2, -0.15) is 0 Å². The van der Waals surface area contributed by atoms with Gasteiger partial charge in [0.15, 0.2) is 0 Å². The van der Waals surface area contributed by atoms with E-state index in [2.05, 4.69) is 15.3 Å². The van der Waals surface area contributed by atoms with Gasteiger partial charge in [-0.3, -0.25) is 4.57 Å². The van der Waals surface area contributed by atoms with Crippen LogP contribution in [0.4, 0.5) is 4.79 Å². The van der Waals surface area contributed by atoms with Gasteiger partial charge in [-0.25, -0.2) is 14.8 Å². The van der Waals surface area contributed by atoms with Crippen LogP contribution in [0.15, 0.2) is 49.2 Å². The number of aromatic nitrogens is 3. The monoisotopic (exact) mass is 361 g/mol. The average Bonchev–Trinajstić information content (AvgIpc) is 3.25. The van der Waals surface area contributed by atoms with E-state index in [9.17, 15) is 4.79 Å². The Kier molecular flexibility index (Phi) is 5.12. The molecule has 8 heteroatoms. The number of thiophene rings is 1. The molecule has 6 nitrogen and oxygen atoms in total. The number of pyridine rings is 1. The van der Waals surface area contributed by atoms with Crippen LogP contribution < -0.4 is 5.32 Å². The fraction of sp³-hybridized carbons (Fsp3) is 0.188. The molecule has 0 saturated carbocycles. The fourth-order valence-corrected chi connectivity index (χ4v) is 3.26. The van der Waals surface area contributed by atoms with Gasteiger partial charge < -0.3 is 10.2 Å². The van der Waals surface area contributed by atoms with Gasteiger partial charge in [-0.05, 0) is 23.8 Å². The molecule has 3 aromatic rings. The Hall–Kier alpha value is -2.38. The maximum absolute atomic E-state index is 12.1. The first kappa shape index (κ1) is 16.5. The largest absolute Gasteiger partial charge is 0.334 e. The minimum Gasteiger partial charge on any atom is -0.334 e. The number of hydrogen-bond donors (Lipinski definition) is 1. The summed E-state index contributed by atoms with van der Waals surface area (Å²) in [6.45, 7) is 0.951. The Balaban J connectivity index is 1.52. The number of nitrogens with one attached hydrogen (secondary N) is 1. The SMILES string of the molecule is CN(Cc1ccc(Cl)s1)C(=O)NCc1ccc(-n2ccnc2)nc1. The predicted molar refractivity (Wildman–Crippen MR) is 94.4 cm³/mol. The van der Waals surface area contributed by atoms with Gasteiger partial charge in [0.05, 0.1) is 10.9 Å². The molecule has 0 aliphatic heterocycles. The highest BCUT2D eigenvalue weighted by molar-refractivity contribution is 7.16. The standard InChI is InChI=1S/C16H16ClN5OS/c1-21(10-13-3-4-14(17)24-13)16(23)20-9-12-2-5-15(19-8-12)22-7-6-18-11-22/h2-8,11H,9-10H2,1H3,(H,20,23). The number of halogens is 1. The summed E-state index contributed by atoms with van der Waals surface area (Å²) in [6.07, 6.45) is 6.96. The van der Waals surface area contributed by atoms with E-state index in [1.165, 1.54) is 11.3 Å². The van der Waals surface area contributed by atoms with Gasteiger partial charge in [-0.1, -0.05) is 17.7 Å². The van der Waals surface area contributed by atoms with Crippen molar-refractivity contribution in [2.75, 3.05) is 7.05 Å². The van der Waals surface area contributed by atoms with Crippen molar-refractivity contribution in [2.45, 2.75) is 13.1 Å². The summed E-state index contributed by atoms with van der Waals surface area (Å²) in [5.41, 5.74) is 0.930. The Morgan fingerprint density at radius 1 is 1.38 bits per heavy atom. The van der Waals surface area contributed by atoms with Crippen LogP contribution in [0.2, 0.25) is 4.34 Å². The first-order valence-electron chi connectivity index (χ1n) is 7.28. The fourth-order valence-electron chi connectivity index (χ4n) is 2.12. The van der Waals surface area contributed by atoms with Crippen LogP contribution in [0.25, 0.3) is 5.82 Å². The number of urea groups is 1. The summed E-state index contributed by atoms with van der Waals surface area (Å²) in [5, 5.41) is 2.88. The molecule has 24 heavy (non-hydrogen) atoms. The van der Waals surface area contributed by atoms with E-state index in [4.69, 9.17) is 11.6 Å². The van der Waals surface area contributed by atoms with Gasteiger partial charge in [0.1, 0.15) is 12.1 Å². The van der Waals surface area contributed by atoms with Gasteiger partial charge in [0.2, 0.25) is 0 Å². The smallest absolute Gasteiger partial charge is 0.317 e. The Morgan fingerprint density at radius 2 is 2.25 bits per heavy atom. The van der Waals surface area contributed by atoms with Crippen molar-refractivity contribution in [3.05, 3.63) is 64.0 Å². The number of imidazole rings is 1. The van der Waals surface area contributed by atoms with Crippen LogP contribution in [-0.2, 0) is 13.1 Å². The van der Waals surface area contributed by atoms with E-state index in [-0.39, 0.29) is 6.03 Å². The first-order chi connectivity index (χ1) is 11.6. The third kappa shape index (κ3) is 4.12. The average molecular weight is 362 g/mol.